The Labute approximate surface area is 130 Å². The molecule has 118 valence electrons. The highest BCUT2D eigenvalue weighted by Gasteiger charge is 2.18. The van der Waals surface area contributed by atoms with Gasteiger partial charge in [0.1, 0.15) is 18.1 Å². The molecular formula is C17H21NO4. The minimum Gasteiger partial charge on any atom is -0.493 e. The minimum atomic E-state index is -0.0616. The largest absolute Gasteiger partial charge is 0.493 e. The summed E-state index contributed by atoms with van der Waals surface area (Å²) in [7, 11) is 1.66. The smallest absolute Gasteiger partial charge is 0.165 e. The highest BCUT2D eigenvalue weighted by molar-refractivity contribution is 5.46. The molecule has 0 bridgehead atoms. The molecule has 1 aliphatic heterocycles. The molecule has 2 aromatic rings. The monoisotopic (exact) mass is 303 g/mol. The van der Waals surface area contributed by atoms with Gasteiger partial charge in [-0.25, -0.2) is 0 Å². The SMILES string of the molecule is COc1cccc2c1OCCCN(Cc1ccc(CO)o1)C2. The van der Waals surface area contributed by atoms with Crippen molar-refractivity contribution in [3.63, 3.8) is 0 Å². The minimum absolute atomic E-state index is 0.0616. The van der Waals surface area contributed by atoms with Crippen LogP contribution in [-0.4, -0.2) is 30.3 Å². The molecule has 1 aromatic heterocycles. The van der Waals surface area contributed by atoms with Gasteiger partial charge in [0.25, 0.3) is 0 Å². The maximum atomic E-state index is 9.09. The average molecular weight is 303 g/mol. The van der Waals surface area contributed by atoms with Gasteiger partial charge in [-0.15, -0.1) is 0 Å². The van der Waals surface area contributed by atoms with Crippen molar-refractivity contribution in [1.29, 1.82) is 0 Å². The molecule has 1 aromatic carbocycles. The van der Waals surface area contributed by atoms with Crippen molar-refractivity contribution in [3.05, 3.63) is 47.4 Å². The van der Waals surface area contributed by atoms with Gasteiger partial charge in [-0.1, -0.05) is 12.1 Å². The third kappa shape index (κ3) is 3.26. The number of fused-ring (bicyclic) bond motifs is 1. The maximum Gasteiger partial charge on any atom is 0.165 e. The number of ether oxygens (including phenoxy) is 2. The lowest BCUT2D eigenvalue weighted by Gasteiger charge is -2.26. The van der Waals surface area contributed by atoms with E-state index in [9.17, 15) is 0 Å². The van der Waals surface area contributed by atoms with E-state index in [1.54, 1.807) is 7.11 Å². The van der Waals surface area contributed by atoms with E-state index in [4.69, 9.17) is 19.0 Å². The van der Waals surface area contributed by atoms with Gasteiger partial charge in [-0.2, -0.15) is 0 Å². The van der Waals surface area contributed by atoms with E-state index in [2.05, 4.69) is 11.0 Å². The first-order valence-electron chi connectivity index (χ1n) is 7.49. The Morgan fingerprint density at radius 3 is 2.86 bits per heavy atom. The van der Waals surface area contributed by atoms with Crippen LogP contribution in [0.4, 0.5) is 0 Å². The van der Waals surface area contributed by atoms with E-state index in [1.807, 2.05) is 24.3 Å². The fraction of sp³-hybridized carbons (Fsp3) is 0.412. The quantitative estimate of drug-likeness (QED) is 0.941. The van der Waals surface area contributed by atoms with Crippen LogP contribution in [0.25, 0.3) is 0 Å². The Kier molecular flexibility index (Phi) is 4.65. The van der Waals surface area contributed by atoms with Gasteiger partial charge in [0.2, 0.25) is 0 Å². The molecule has 0 saturated carbocycles. The van der Waals surface area contributed by atoms with E-state index in [0.29, 0.717) is 12.4 Å². The van der Waals surface area contributed by atoms with Crippen molar-refractivity contribution in [2.75, 3.05) is 20.3 Å². The third-order valence-electron chi connectivity index (χ3n) is 3.79. The molecule has 0 aliphatic carbocycles. The number of hydrogen-bond donors (Lipinski definition) is 1. The molecule has 5 nitrogen and oxygen atoms in total. The number of benzene rings is 1. The molecular weight excluding hydrogens is 282 g/mol. The van der Waals surface area contributed by atoms with Crippen molar-refractivity contribution in [2.24, 2.45) is 0 Å². The zero-order valence-electron chi connectivity index (χ0n) is 12.7. The fourth-order valence-electron chi connectivity index (χ4n) is 2.74. The Hall–Kier alpha value is -1.98. The van der Waals surface area contributed by atoms with Gasteiger partial charge in [0.15, 0.2) is 11.5 Å². The number of aliphatic hydroxyl groups excluding tert-OH is 1. The molecule has 5 heteroatoms. The van der Waals surface area contributed by atoms with Crippen LogP contribution in [0, 0.1) is 0 Å². The van der Waals surface area contributed by atoms with Crippen LogP contribution in [-0.2, 0) is 19.7 Å². The Balaban J connectivity index is 1.78. The fourth-order valence-corrected chi connectivity index (χ4v) is 2.74. The summed E-state index contributed by atoms with van der Waals surface area (Å²) in [6.45, 7) is 3.04. The van der Waals surface area contributed by atoms with Crippen LogP contribution in [0.15, 0.2) is 34.7 Å². The van der Waals surface area contributed by atoms with E-state index >= 15 is 0 Å². The summed E-state index contributed by atoms with van der Waals surface area (Å²) < 4.78 is 16.8. The van der Waals surface area contributed by atoms with Crippen molar-refractivity contribution >= 4 is 0 Å². The van der Waals surface area contributed by atoms with Crippen molar-refractivity contribution in [1.82, 2.24) is 4.90 Å². The molecule has 3 rings (SSSR count). The molecule has 0 spiro atoms. The standard InChI is InChI=1S/C17H21NO4/c1-20-16-5-2-4-13-10-18(8-3-9-21-17(13)16)11-14-6-7-15(12-19)22-14/h2,4-7,19H,3,8-12H2,1H3. The number of para-hydroxylation sites is 1. The predicted molar refractivity (Wildman–Crippen MR) is 81.9 cm³/mol. The van der Waals surface area contributed by atoms with E-state index in [-0.39, 0.29) is 6.61 Å². The summed E-state index contributed by atoms with van der Waals surface area (Å²) in [4.78, 5) is 2.32. The first-order chi connectivity index (χ1) is 10.8. The van der Waals surface area contributed by atoms with Crippen LogP contribution in [0.3, 0.4) is 0 Å². The van der Waals surface area contributed by atoms with E-state index in [0.717, 1.165) is 48.9 Å². The van der Waals surface area contributed by atoms with Gasteiger partial charge in [0, 0.05) is 18.7 Å². The summed E-state index contributed by atoms with van der Waals surface area (Å²) >= 11 is 0. The number of aliphatic hydroxyl groups is 1. The number of furan rings is 1. The van der Waals surface area contributed by atoms with E-state index in [1.165, 1.54) is 0 Å². The molecule has 0 amide bonds. The van der Waals surface area contributed by atoms with Crippen LogP contribution in [0.1, 0.15) is 23.5 Å². The normalized spacial score (nSPS) is 15.5. The third-order valence-corrected chi connectivity index (χ3v) is 3.79. The van der Waals surface area contributed by atoms with Crippen molar-refractivity contribution in [2.45, 2.75) is 26.1 Å². The number of methoxy groups -OCH3 is 1. The lowest BCUT2D eigenvalue weighted by molar-refractivity contribution is 0.180. The molecule has 0 fully saturated rings. The first kappa shape index (κ1) is 14.9. The molecule has 0 radical (unpaired) electrons. The van der Waals surface area contributed by atoms with Gasteiger partial charge < -0.3 is 19.0 Å². The molecule has 0 saturated heterocycles. The summed E-state index contributed by atoms with van der Waals surface area (Å²) in [6.07, 6.45) is 0.949. The predicted octanol–water partition coefficient (Wildman–Crippen LogP) is 2.57. The van der Waals surface area contributed by atoms with Gasteiger partial charge in [-0.3, -0.25) is 4.90 Å². The van der Waals surface area contributed by atoms with Gasteiger partial charge >= 0.3 is 0 Å². The summed E-state index contributed by atoms with van der Waals surface area (Å²) in [5.74, 6) is 3.09. The second kappa shape index (κ2) is 6.85. The molecule has 0 atom stereocenters. The topological polar surface area (TPSA) is 55.1 Å². The first-order valence-corrected chi connectivity index (χ1v) is 7.49. The lowest BCUT2D eigenvalue weighted by atomic mass is 10.1. The van der Waals surface area contributed by atoms with E-state index < -0.39 is 0 Å². The molecule has 1 N–H and O–H groups in total. The Morgan fingerprint density at radius 1 is 1.23 bits per heavy atom. The van der Waals surface area contributed by atoms with Gasteiger partial charge in [-0.05, 0) is 24.6 Å². The summed E-state index contributed by atoms with van der Waals surface area (Å²) in [6, 6.07) is 9.71. The van der Waals surface area contributed by atoms with Crippen LogP contribution < -0.4 is 9.47 Å². The second-order valence-corrected chi connectivity index (χ2v) is 5.39. The maximum absolute atomic E-state index is 9.09. The van der Waals surface area contributed by atoms with Crippen LogP contribution >= 0.6 is 0 Å². The number of nitrogens with zero attached hydrogens (tertiary/aromatic N) is 1. The Morgan fingerprint density at radius 2 is 2.09 bits per heavy atom. The zero-order valence-corrected chi connectivity index (χ0v) is 12.7. The molecule has 1 aliphatic rings. The zero-order chi connectivity index (χ0) is 15.4. The number of hydrogen-bond acceptors (Lipinski definition) is 5. The lowest BCUT2D eigenvalue weighted by Crippen LogP contribution is -2.27. The molecule has 0 unspecified atom stereocenters. The second-order valence-electron chi connectivity index (χ2n) is 5.39. The molecule has 2 heterocycles. The summed E-state index contributed by atoms with van der Waals surface area (Å²) in [5, 5.41) is 9.09. The van der Waals surface area contributed by atoms with Crippen molar-refractivity contribution < 1.29 is 19.0 Å². The van der Waals surface area contributed by atoms with Crippen LogP contribution in [0.5, 0.6) is 11.5 Å². The highest BCUT2D eigenvalue weighted by atomic mass is 16.5. The number of rotatable bonds is 4. The molecule has 22 heavy (non-hydrogen) atoms. The van der Waals surface area contributed by atoms with Crippen LogP contribution in [0.2, 0.25) is 0 Å². The summed E-state index contributed by atoms with van der Waals surface area (Å²) in [5.41, 5.74) is 1.12. The average Bonchev–Trinajstić information content (AvgIpc) is 2.97. The Bertz CT molecular complexity index is 623. The van der Waals surface area contributed by atoms with Crippen molar-refractivity contribution in [3.8, 4) is 11.5 Å². The highest BCUT2D eigenvalue weighted by Crippen LogP contribution is 2.33. The van der Waals surface area contributed by atoms with Gasteiger partial charge in [0.05, 0.1) is 20.3 Å².